The number of benzene rings is 1. The van der Waals surface area contributed by atoms with Crippen LogP contribution in [0.3, 0.4) is 0 Å². The first-order valence-corrected chi connectivity index (χ1v) is 12.2. The van der Waals surface area contributed by atoms with Crippen molar-refractivity contribution < 1.29 is 9.53 Å². The number of aromatic nitrogens is 3. The van der Waals surface area contributed by atoms with Crippen molar-refractivity contribution in [1.29, 1.82) is 0 Å². The maximum atomic E-state index is 13.4. The Labute approximate surface area is 185 Å². The molecule has 1 unspecified atom stereocenters. The van der Waals surface area contributed by atoms with Crippen LogP contribution in [0.1, 0.15) is 64.9 Å². The number of amides is 1. The van der Waals surface area contributed by atoms with E-state index in [1.54, 1.807) is 11.3 Å². The van der Waals surface area contributed by atoms with Gasteiger partial charge in [-0.25, -0.2) is 0 Å². The van der Waals surface area contributed by atoms with E-state index in [9.17, 15) is 4.79 Å². The summed E-state index contributed by atoms with van der Waals surface area (Å²) < 4.78 is 8.22. The zero-order chi connectivity index (χ0) is 20.8. The molecule has 1 amide bonds. The van der Waals surface area contributed by atoms with Crippen LogP contribution in [0, 0.1) is 0 Å². The predicted molar refractivity (Wildman–Crippen MR) is 120 cm³/mol. The second kappa shape index (κ2) is 7.79. The van der Waals surface area contributed by atoms with Crippen LogP contribution >= 0.6 is 11.3 Å². The third-order valence-electron chi connectivity index (χ3n) is 6.75. The van der Waals surface area contributed by atoms with Crippen LogP contribution < -0.4 is 4.74 Å². The molecule has 6 nitrogen and oxygen atoms in total. The number of para-hydroxylation sites is 1. The monoisotopic (exact) mass is 434 g/mol. The zero-order valence-electron chi connectivity index (χ0n) is 17.5. The number of likely N-dealkylation sites (tertiary alicyclic amines) is 1. The first kappa shape index (κ1) is 19.0. The van der Waals surface area contributed by atoms with Gasteiger partial charge in [-0.05, 0) is 43.9 Å². The SMILES string of the molecule is O=C(c1cc2c(s1)-c1ccccc1OC2)N1CCCC(c2nnc3n2CCCCC3)C1. The molecule has 31 heavy (non-hydrogen) atoms. The van der Waals surface area contributed by atoms with Gasteiger partial charge in [0.05, 0.1) is 4.88 Å². The first-order chi connectivity index (χ1) is 15.3. The molecule has 0 aliphatic carbocycles. The number of hydrogen-bond acceptors (Lipinski definition) is 5. The van der Waals surface area contributed by atoms with Crippen molar-refractivity contribution in [3.8, 4) is 16.2 Å². The van der Waals surface area contributed by atoms with Gasteiger partial charge < -0.3 is 14.2 Å². The molecule has 0 saturated carbocycles. The summed E-state index contributed by atoms with van der Waals surface area (Å²) >= 11 is 1.60. The molecule has 3 aromatic rings. The second-order valence-corrected chi connectivity index (χ2v) is 9.83. The Morgan fingerprint density at radius 2 is 2.03 bits per heavy atom. The molecule has 3 aliphatic heterocycles. The van der Waals surface area contributed by atoms with Gasteiger partial charge in [0.2, 0.25) is 0 Å². The number of hydrogen-bond donors (Lipinski definition) is 0. The van der Waals surface area contributed by atoms with E-state index >= 15 is 0 Å². The molecule has 0 bridgehead atoms. The van der Waals surface area contributed by atoms with Crippen LogP contribution in [0.15, 0.2) is 30.3 Å². The van der Waals surface area contributed by atoms with Crippen molar-refractivity contribution in [3.63, 3.8) is 0 Å². The maximum absolute atomic E-state index is 13.4. The number of nitrogens with zero attached hydrogens (tertiary/aromatic N) is 4. The van der Waals surface area contributed by atoms with Gasteiger partial charge in [-0.15, -0.1) is 21.5 Å². The van der Waals surface area contributed by atoms with Crippen LogP contribution in [0.4, 0.5) is 0 Å². The molecule has 2 aromatic heterocycles. The van der Waals surface area contributed by atoms with Gasteiger partial charge in [0.25, 0.3) is 5.91 Å². The van der Waals surface area contributed by atoms with E-state index in [4.69, 9.17) is 4.74 Å². The van der Waals surface area contributed by atoms with E-state index < -0.39 is 0 Å². The molecule has 0 radical (unpaired) electrons. The minimum Gasteiger partial charge on any atom is -0.488 e. The predicted octanol–water partition coefficient (Wildman–Crippen LogP) is 4.65. The average Bonchev–Trinajstić information content (AvgIpc) is 3.36. The van der Waals surface area contributed by atoms with Gasteiger partial charge in [-0.2, -0.15) is 0 Å². The molecule has 5 heterocycles. The topological polar surface area (TPSA) is 60.2 Å². The van der Waals surface area contributed by atoms with Crippen LogP contribution in [0.25, 0.3) is 10.4 Å². The van der Waals surface area contributed by atoms with E-state index in [1.807, 2.05) is 29.2 Å². The first-order valence-electron chi connectivity index (χ1n) is 11.3. The van der Waals surface area contributed by atoms with Crippen LogP contribution in [0.5, 0.6) is 5.75 Å². The molecule has 3 aliphatic rings. The molecule has 1 atom stereocenters. The van der Waals surface area contributed by atoms with Crippen LogP contribution in [0.2, 0.25) is 0 Å². The molecule has 1 aromatic carbocycles. The summed E-state index contributed by atoms with van der Waals surface area (Å²) in [7, 11) is 0. The van der Waals surface area contributed by atoms with Crippen LogP contribution in [-0.2, 0) is 19.6 Å². The molecule has 0 spiro atoms. The molecular weight excluding hydrogens is 408 g/mol. The van der Waals surface area contributed by atoms with Crippen molar-refractivity contribution in [2.75, 3.05) is 13.1 Å². The van der Waals surface area contributed by atoms with Crippen molar-refractivity contribution in [2.45, 2.75) is 57.6 Å². The maximum Gasteiger partial charge on any atom is 0.263 e. The summed E-state index contributed by atoms with van der Waals surface area (Å²) in [5.74, 6) is 3.53. The third kappa shape index (κ3) is 3.35. The van der Waals surface area contributed by atoms with Gasteiger partial charge >= 0.3 is 0 Å². The number of thiophene rings is 1. The van der Waals surface area contributed by atoms with E-state index in [0.717, 1.165) is 72.3 Å². The van der Waals surface area contributed by atoms with Gasteiger partial charge in [-0.3, -0.25) is 4.79 Å². The Bertz CT molecular complexity index is 1130. The van der Waals surface area contributed by atoms with Crippen molar-refractivity contribution in [3.05, 3.63) is 52.4 Å². The Morgan fingerprint density at radius 3 is 3.00 bits per heavy atom. The number of piperidine rings is 1. The highest BCUT2D eigenvalue weighted by Crippen LogP contribution is 2.42. The zero-order valence-corrected chi connectivity index (χ0v) is 18.4. The fourth-order valence-corrected chi connectivity index (χ4v) is 6.31. The molecule has 7 heteroatoms. The number of carbonyl (C=O) groups is 1. The lowest BCUT2D eigenvalue weighted by molar-refractivity contribution is 0.0708. The molecule has 160 valence electrons. The largest absolute Gasteiger partial charge is 0.488 e. The summed E-state index contributed by atoms with van der Waals surface area (Å²) in [6, 6.07) is 10.1. The summed E-state index contributed by atoms with van der Waals surface area (Å²) in [6.07, 6.45) is 6.75. The highest BCUT2D eigenvalue weighted by atomic mass is 32.1. The van der Waals surface area contributed by atoms with Gasteiger partial charge in [0.1, 0.15) is 24.0 Å². The number of fused-ring (bicyclic) bond motifs is 4. The summed E-state index contributed by atoms with van der Waals surface area (Å²) in [5, 5.41) is 9.05. The summed E-state index contributed by atoms with van der Waals surface area (Å²) in [6.45, 7) is 3.09. The fraction of sp³-hybridized carbons (Fsp3) is 0.458. The number of aryl methyl sites for hydroxylation is 1. The molecular formula is C24H26N4O2S. The Morgan fingerprint density at radius 1 is 1.10 bits per heavy atom. The van der Waals surface area contributed by atoms with Crippen molar-refractivity contribution in [1.82, 2.24) is 19.7 Å². The standard InChI is InChI=1S/C24H26N4O2S/c29-24(20-13-17-15-30-19-9-4-3-8-18(19)22(17)31-20)27-11-6-7-16(14-27)23-26-25-21-10-2-1-5-12-28(21)23/h3-4,8-9,13,16H,1-2,5-7,10-12,14-15H2. The Hall–Kier alpha value is -2.67. The highest BCUT2D eigenvalue weighted by molar-refractivity contribution is 7.17. The Balaban J connectivity index is 1.24. The quantitative estimate of drug-likeness (QED) is 0.589. The number of ether oxygens (including phenoxy) is 1. The lowest BCUT2D eigenvalue weighted by Gasteiger charge is -2.32. The molecule has 6 rings (SSSR count). The lowest BCUT2D eigenvalue weighted by Crippen LogP contribution is -2.39. The minimum atomic E-state index is 0.136. The molecule has 1 fully saturated rings. The van der Waals surface area contributed by atoms with E-state index in [1.165, 1.54) is 24.1 Å². The summed E-state index contributed by atoms with van der Waals surface area (Å²) in [4.78, 5) is 17.4. The molecule has 0 N–H and O–H groups in total. The lowest BCUT2D eigenvalue weighted by atomic mass is 9.96. The van der Waals surface area contributed by atoms with Crippen molar-refractivity contribution >= 4 is 17.2 Å². The van der Waals surface area contributed by atoms with Gasteiger partial charge in [0.15, 0.2) is 0 Å². The highest BCUT2D eigenvalue weighted by Gasteiger charge is 2.31. The van der Waals surface area contributed by atoms with Crippen molar-refractivity contribution in [2.24, 2.45) is 0 Å². The normalized spacial score (nSPS) is 20.3. The van der Waals surface area contributed by atoms with E-state index in [0.29, 0.717) is 6.61 Å². The minimum absolute atomic E-state index is 0.136. The average molecular weight is 435 g/mol. The van der Waals surface area contributed by atoms with Crippen LogP contribution in [-0.4, -0.2) is 38.7 Å². The van der Waals surface area contributed by atoms with E-state index in [-0.39, 0.29) is 11.8 Å². The fourth-order valence-electron chi connectivity index (χ4n) is 5.14. The number of carbonyl (C=O) groups excluding carboxylic acids is 1. The molecule has 1 saturated heterocycles. The van der Waals surface area contributed by atoms with Gasteiger partial charge in [0, 0.05) is 48.0 Å². The number of rotatable bonds is 2. The van der Waals surface area contributed by atoms with E-state index in [2.05, 4.69) is 20.8 Å². The smallest absolute Gasteiger partial charge is 0.263 e. The summed E-state index contributed by atoms with van der Waals surface area (Å²) in [5.41, 5.74) is 2.21. The third-order valence-corrected chi connectivity index (χ3v) is 7.95. The Kier molecular flexibility index (Phi) is 4.78. The second-order valence-electron chi connectivity index (χ2n) is 8.78. The van der Waals surface area contributed by atoms with Gasteiger partial charge in [-0.1, -0.05) is 18.6 Å².